The Morgan fingerprint density at radius 3 is 2.67 bits per heavy atom. The van der Waals surface area contributed by atoms with Gasteiger partial charge in [-0.25, -0.2) is 4.79 Å². The van der Waals surface area contributed by atoms with E-state index in [2.05, 4.69) is 10.3 Å². The van der Waals surface area contributed by atoms with Crippen LogP contribution in [0.1, 0.15) is 18.4 Å². The molecule has 0 unspecified atom stereocenters. The first-order valence-corrected chi connectivity index (χ1v) is 9.12. The quantitative estimate of drug-likeness (QED) is 0.727. The monoisotopic (exact) mass is 369 g/mol. The Hall–Kier alpha value is -2.87. The van der Waals surface area contributed by atoms with Crippen molar-refractivity contribution in [2.45, 2.75) is 25.5 Å². The summed E-state index contributed by atoms with van der Waals surface area (Å²) < 4.78 is 10.1. The average Bonchev–Trinajstić information content (AvgIpc) is 3.32. The van der Waals surface area contributed by atoms with Gasteiger partial charge in [-0.15, -0.1) is 0 Å². The van der Waals surface area contributed by atoms with Crippen molar-refractivity contribution in [3.63, 3.8) is 0 Å². The van der Waals surface area contributed by atoms with Gasteiger partial charge in [-0.05, 0) is 18.4 Å². The lowest BCUT2D eigenvalue weighted by Crippen LogP contribution is -2.37. The Bertz CT molecular complexity index is 1070. The maximum Gasteiger partial charge on any atom is 0.332 e. The lowest BCUT2D eigenvalue weighted by Gasteiger charge is -2.13. The molecule has 142 valence electrons. The molecule has 1 fully saturated rings. The smallest absolute Gasteiger partial charge is 0.332 e. The molecule has 1 aliphatic heterocycles. The molecule has 0 radical (unpaired) electrons. The lowest BCUT2D eigenvalue weighted by atomic mass is 10.2. The fraction of sp³-hybridized carbons (Fsp3) is 0.421. The van der Waals surface area contributed by atoms with Gasteiger partial charge in [-0.1, -0.05) is 30.3 Å². The van der Waals surface area contributed by atoms with E-state index >= 15 is 0 Å². The maximum absolute atomic E-state index is 12.8. The summed E-state index contributed by atoms with van der Waals surface area (Å²) in [6.07, 6.45) is 2.20. The second-order valence-corrected chi connectivity index (χ2v) is 6.90. The van der Waals surface area contributed by atoms with Crippen LogP contribution in [-0.4, -0.2) is 37.9 Å². The first-order valence-electron chi connectivity index (χ1n) is 9.12. The molecule has 4 rings (SSSR count). The zero-order valence-electron chi connectivity index (χ0n) is 15.5. The summed E-state index contributed by atoms with van der Waals surface area (Å²) in [4.78, 5) is 29.7. The van der Waals surface area contributed by atoms with E-state index in [-0.39, 0.29) is 17.4 Å². The first-order chi connectivity index (χ1) is 13.1. The highest BCUT2D eigenvalue weighted by atomic mass is 16.5. The van der Waals surface area contributed by atoms with E-state index in [1.807, 2.05) is 34.9 Å². The Kier molecular flexibility index (Phi) is 4.57. The molecule has 8 nitrogen and oxygen atoms in total. The van der Waals surface area contributed by atoms with Crippen LogP contribution in [0.15, 0.2) is 39.9 Å². The van der Waals surface area contributed by atoms with Crippen LogP contribution in [-0.2, 0) is 25.4 Å². The van der Waals surface area contributed by atoms with E-state index in [0.29, 0.717) is 30.2 Å². The van der Waals surface area contributed by atoms with Crippen LogP contribution in [0.3, 0.4) is 0 Å². The molecule has 0 aliphatic carbocycles. The van der Waals surface area contributed by atoms with E-state index in [9.17, 15) is 9.59 Å². The molecule has 0 saturated carbocycles. The summed E-state index contributed by atoms with van der Waals surface area (Å²) in [6, 6.07) is 9.88. The predicted octanol–water partition coefficient (Wildman–Crippen LogP) is 1.07. The fourth-order valence-electron chi connectivity index (χ4n) is 3.51. The third-order valence-electron chi connectivity index (χ3n) is 5.04. The minimum Gasteiger partial charge on any atom is -0.376 e. The molecule has 8 heteroatoms. The molecule has 3 heterocycles. The van der Waals surface area contributed by atoms with Crippen LogP contribution in [0.2, 0.25) is 0 Å². The maximum atomic E-state index is 12.8. The number of ether oxygens (including phenoxy) is 1. The standard InChI is InChI=1S/C19H23N5O3/c1-22-16-15(17(25)23(2)19(22)26)24(12-13-7-4-3-5-8-13)18(21-16)20-11-14-9-6-10-27-14/h3-5,7-8,14H,6,9-12H2,1-2H3,(H,20,21)/t14-/m1/s1. The summed E-state index contributed by atoms with van der Waals surface area (Å²) in [7, 11) is 3.12. The number of rotatable bonds is 5. The summed E-state index contributed by atoms with van der Waals surface area (Å²) in [5.74, 6) is 0.572. The summed E-state index contributed by atoms with van der Waals surface area (Å²) in [5, 5.41) is 3.32. The molecule has 1 N–H and O–H groups in total. The molecule has 1 saturated heterocycles. The fourth-order valence-corrected chi connectivity index (χ4v) is 3.51. The van der Waals surface area contributed by atoms with Crippen molar-refractivity contribution in [2.24, 2.45) is 14.1 Å². The van der Waals surface area contributed by atoms with Crippen molar-refractivity contribution in [1.29, 1.82) is 0 Å². The molecule has 27 heavy (non-hydrogen) atoms. The molecule has 0 spiro atoms. The molecule has 1 aromatic carbocycles. The van der Waals surface area contributed by atoms with Crippen molar-refractivity contribution < 1.29 is 4.74 Å². The minimum atomic E-state index is -0.387. The molecule has 2 aromatic heterocycles. The topological polar surface area (TPSA) is 83.1 Å². The molecule has 3 aromatic rings. The number of nitrogens with zero attached hydrogens (tertiary/aromatic N) is 4. The third kappa shape index (κ3) is 3.16. The normalized spacial score (nSPS) is 16.9. The summed E-state index contributed by atoms with van der Waals surface area (Å²) >= 11 is 0. The van der Waals surface area contributed by atoms with E-state index < -0.39 is 0 Å². The van der Waals surface area contributed by atoms with Crippen LogP contribution >= 0.6 is 0 Å². The number of anilines is 1. The van der Waals surface area contributed by atoms with Crippen molar-refractivity contribution in [2.75, 3.05) is 18.5 Å². The molecule has 0 amide bonds. The first kappa shape index (κ1) is 17.5. The number of hydrogen-bond acceptors (Lipinski definition) is 5. The SMILES string of the molecule is Cn1c(=O)c2c(nc(NC[C@H]3CCCO3)n2Cc2ccccc2)n(C)c1=O. The highest BCUT2D eigenvalue weighted by molar-refractivity contribution is 5.74. The molecule has 0 bridgehead atoms. The Morgan fingerprint density at radius 2 is 1.96 bits per heavy atom. The van der Waals surface area contributed by atoms with Crippen LogP contribution < -0.4 is 16.6 Å². The zero-order chi connectivity index (χ0) is 19.0. The Balaban J connectivity index is 1.83. The number of hydrogen-bond donors (Lipinski definition) is 1. The van der Waals surface area contributed by atoms with Gasteiger partial charge in [0, 0.05) is 27.2 Å². The van der Waals surface area contributed by atoms with E-state index in [4.69, 9.17) is 4.74 Å². The molecular formula is C19H23N5O3. The molecular weight excluding hydrogens is 346 g/mol. The van der Waals surface area contributed by atoms with Crippen molar-refractivity contribution in [3.8, 4) is 0 Å². The lowest BCUT2D eigenvalue weighted by molar-refractivity contribution is 0.120. The van der Waals surface area contributed by atoms with Crippen molar-refractivity contribution in [3.05, 3.63) is 56.7 Å². The number of benzene rings is 1. The van der Waals surface area contributed by atoms with Gasteiger partial charge in [0.2, 0.25) is 5.95 Å². The van der Waals surface area contributed by atoms with Gasteiger partial charge in [0.25, 0.3) is 5.56 Å². The second-order valence-electron chi connectivity index (χ2n) is 6.90. The zero-order valence-corrected chi connectivity index (χ0v) is 15.5. The highest BCUT2D eigenvalue weighted by Gasteiger charge is 2.21. The van der Waals surface area contributed by atoms with Gasteiger partial charge < -0.3 is 10.1 Å². The number of aryl methyl sites for hydroxylation is 1. The number of nitrogens with one attached hydrogen (secondary N) is 1. The van der Waals surface area contributed by atoms with Gasteiger partial charge in [0.05, 0.1) is 12.6 Å². The van der Waals surface area contributed by atoms with E-state index in [0.717, 1.165) is 29.6 Å². The van der Waals surface area contributed by atoms with Gasteiger partial charge >= 0.3 is 5.69 Å². The van der Waals surface area contributed by atoms with Crippen molar-refractivity contribution >= 4 is 17.1 Å². The Labute approximate surface area is 156 Å². The molecule has 1 atom stereocenters. The highest BCUT2D eigenvalue weighted by Crippen LogP contribution is 2.19. The largest absolute Gasteiger partial charge is 0.376 e. The summed E-state index contributed by atoms with van der Waals surface area (Å²) in [5.41, 5.74) is 1.12. The second kappa shape index (κ2) is 7.03. The van der Waals surface area contributed by atoms with Crippen molar-refractivity contribution in [1.82, 2.24) is 18.7 Å². The van der Waals surface area contributed by atoms with Crippen LogP contribution in [0.4, 0.5) is 5.95 Å². The van der Waals surface area contributed by atoms with Crippen LogP contribution in [0.25, 0.3) is 11.2 Å². The summed E-state index contributed by atoms with van der Waals surface area (Å²) in [6.45, 7) is 1.88. The van der Waals surface area contributed by atoms with Gasteiger partial charge in [0.15, 0.2) is 11.2 Å². The number of aromatic nitrogens is 4. The van der Waals surface area contributed by atoms with E-state index in [1.54, 1.807) is 7.05 Å². The van der Waals surface area contributed by atoms with Crippen LogP contribution in [0, 0.1) is 0 Å². The van der Waals surface area contributed by atoms with Crippen LogP contribution in [0.5, 0.6) is 0 Å². The average molecular weight is 369 g/mol. The number of fused-ring (bicyclic) bond motifs is 1. The van der Waals surface area contributed by atoms with Gasteiger partial charge in [0.1, 0.15) is 0 Å². The molecule has 1 aliphatic rings. The predicted molar refractivity (Wildman–Crippen MR) is 103 cm³/mol. The minimum absolute atomic E-state index is 0.140. The van der Waals surface area contributed by atoms with Gasteiger partial charge in [-0.3, -0.25) is 18.5 Å². The Morgan fingerprint density at radius 1 is 1.19 bits per heavy atom. The van der Waals surface area contributed by atoms with Gasteiger partial charge in [-0.2, -0.15) is 4.98 Å². The third-order valence-corrected chi connectivity index (χ3v) is 5.04. The number of imidazole rings is 1. The van der Waals surface area contributed by atoms with E-state index in [1.165, 1.54) is 11.6 Å².